The molecule has 0 amide bonds. The van der Waals surface area contributed by atoms with E-state index in [-0.39, 0.29) is 5.41 Å². The number of nitrogens with zero attached hydrogens (tertiary/aromatic N) is 2. The van der Waals surface area contributed by atoms with Gasteiger partial charge < -0.3 is 0 Å². The highest BCUT2D eigenvalue weighted by atomic mass is 79.9. The minimum atomic E-state index is -0.0358. The average molecular weight is 328 g/mol. The van der Waals surface area contributed by atoms with Crippen LogP contribution in [0.1, 0.15) is 24.7 Å². The SMILES string of the molecule is CCC(CCl)(CCl)Cc1c(Br)c(C)nn1C. The van der Waals surface area contributed by atoms with Crippen molar-refractivity contribution in [2.24, 2.45) is 12.5 Å². The van der Waals surface area contributed by atoms with E-state index in [1.165, 1.54) is 5.69 Å². The summed E-state index contributed by atoms with van der Waals surface area (Å²) in [6.45, 7) is 4.12. The van der Waals surface area contributed by atoms with Gasteiger partial charge in [0.1, 0.15) is 0 Å². The first-order chi connectivity index (χ1) is 7.49. The second-order valence-electron chi connectivity index (χ2n) is 4.27. The number of aryl methyl sites for hydroxylation is 2. The average Bonchev–Trinajstić information content (AvgIpc) is 2.52. The van der Waals surface area contributed by atoms with E-state index in [0.717, 1.165) is 23.0 Å². The molecular formula is C11H17BrCl2N2. The van der Waals surface area contributed by atoms with E-state index in [9.17, 15) is 0 Å². The molecule has 0 unspecified atom stereocenters. The maximum absolute atomic E-state index is 6.06. The van der Waals surface area contributed by atoms with Crippen molar-refractivity contribution in [2.75, 3.05) is 11.8 Å². The monoisotopic (exact) mass is 326 g/mol. The van der Waals surface area contributed by atoms with Gasteiger partial charge in [-0.1, -0.05) is 6.92 Å². The Hall–Kier alpha value is 0.270. The Morgan fingerprint density at radius 2 is 1.94 bits per heavy atom. The van der Waals surface area contributed by atoms with Crippen LogP contribution in [0.25, 0.3) is 0 Å². The fourth-order valence-electron chi connectivity index (χ4n) is 1.67. The topological polar surface area (TPSA) is 17.8 Å². The molecule has 0 saturated carbocycles. The molecule has 1 heterocycles. The fourth-order valence-corrected chi connectivity index (χ4v) is 3.00. The molecule has 0 aliphatic carbocycles. The molecule has 0 aliphatic rings. The summed E-state index contributed by atoms with van der Waals surface area (Å²) in [7, 11) is 1.95. The third-order valence-electron chi connectivity index (χ3n) is 3.12. The first kappa shape index (κ1) is 14.3. The van der Waals surface area contributed by atoms with Crippen LogP contribution < -0.4 is 0 Å². The molecule has 2 nitrogen and oxygen atoms in total. The van der Waals surface area contributed by atoms with E-state index in [1.54, 1.807) is 0 Å². The second kappa shape index (κ2) is 5.74. The van der Waals surface area contributed by atoms with Gasteiger partial charge in [0.15, 0.2) is 0 Å². The predicted octanol–water partition coefficient (Wildman–Crippen LogP) is 3.91. The van der Waals surface area contributed by atoms with Gasteiger partial charge >= 0.3 is 0 Å². The summed E-state index contributed by atoms with van der Waals surface area (Å²) in [5.41, 5.74) is 2.14. The largest absolute Gasteiger partial charge is 0.271 e. The number of alkyl halides is 2. The lowest BCUT2D eigenvalue weighted by Crippen LogP contribution is -2.28. The number of hydrogen-bond donors (Lipinski definition) is 0. The van der Waals surface area contributed by atoms with Crippen molar-refractivity contribution in [3.05, 3.63) is 15.9 Å². The van der Waals surface area contributed by atoms with Gasteiger partial charge in [0, 0.05) is 24.2 Å². The molecule has 92 valence electrons. The third-order valence-corrected chi connectivity index (χ3v) is 5.29. The molecule has 0 radical (unpaired) electrons. The summed E-state index contributed by atoms with van der Waals surface area (Å²) in [5.74, 6) is 1.15. The van der Waals surface area contributed by atoms with Crippen LogP contribution in [0.4, 0.5) is 0 Å². The van der Waals surface area contributed by atoms with Crippen molar-refractivity contribution in [1.82, 2.24) is 9.78 Å². The zero-order chi connectivity index (χ0) is 12.3. The molecule has 0 aliphatic heterocycles. The van der Waals surface area contributed by atoms with Crippen molar-refractivity contribution >= 4 is 39.1 Å². The Balaban J connectivity index is 3.02. The lowest BCUT2D eigenvalue weighted by molar-refractivity contribution is 0.351. The highest BCUT2D eigenvalue weighted by Gasteiger charge is 2.29. The number of hydrogen-bond acceptors (Lipinski definition) is 1. The molecule has 0 atom stereocenters. The van der Waals surface area contributed by atoms with E-state index >= 15 is 0 Å². The Kier molecular flexibility index (Phi) is 5.14. The van der Waals surface area contributed by atoms with Crippen LogP contribution in [0.2, 0.25) is 0 Å². The van der Waals surface area contributed by atoms with E-state index in [0.29, 0.717) is 11.8 Å². The van der Waals surface area contributed by atoms with Gasteiger partial charge in [0.2, 0.25) is 0 Å². The van der Waals surface area contributed by atoms with Crippen molar-refractivity contribution in [3.8, 4) is 0 Å². The van der Waals surface area contributed by atoms with Gasteiger partial charge in [-0.05, 0) is 35.7 Å². The standard InChI is InChI=1S/C11H17BrCl2N2/c1-4-11(6-13,7-14)5-9-10(12)8(2)15-16(9)3/h4-7H2,1-3H3. The highest BCUT2D eigenvalue weighted by Crippen LogP contribution is 2.33. The molecule has 0 bridgehead atoms. The van der Waals surface area contributed by atoms with Gasteiger partial charge in [-0.2, -0.15) is 5.10 Å². The first-order valence-electron chi connectivity index (χ1n) is 5.29. The third kappa shape index (κ3) is 2.74. The lowest BCUT2D eigenvalue weighted by atomic mass is 9.84. The van der Waals surface area contributed by atoms with E-state index in [4.69, 9.17) is 23.2 Å². The summed E-state index contributed by atoms with van der Waals surface area (Å²) in [6, 6.07) is 0. The van der Waals surface area contributed by atoms with Crippen LogP contribution in [-0.4, -0.2) is 21.5 Å². The van der Waals surface area contributed by atoms with E-state index in [1.807, 2.05) is 18.7 Å². The van der Waals surface area contributed by atoms with E-state index < -0.39 is 0 Å². The quantitative estimate of drug-likeness (QED) is 0.750. The van der Waals surface area contributed by atoms with Crippen molar-refractivity contribution in [2.45, 2.75) is 26.7 Å². The summed E-state index contributed by atoms with van der Waals surface area (Å²) in [6.07, 6.45) is 1.82. The van der Waals surface area contributed by atoms with Crippen LogP contribution >= 0.6 is 39.1 Å². The molecule has 16 heavy (non-hydrogen) atoms. The van der Waals surface area contributed by atoms with Gasteiger partial charge in [-0.25, -0.2) is 0 Å². The van der Waals surface area contributed by atoms with Crippen molar-refractivity contribution in [1.29, 1.82) is 0 Å². The molecule has 0 spiro atoms. The Bertz CT molecular complexity index is 351. The fraction of sp³-hybridized carbons (Fsp3) is 0.727. The van der Waals surface area contributed by atoms with Crippen LogP contribution in [0.3, 0.4) is 0 Å². The molecule has 1 aromatic rings. The molecule has 1 aromatic heterocycles. The lowest BCUT2D eigenvalue weighted by Gasteiger charge is -2.28. The van der Waals surface area contributed by atoms with Gasteiger partial charge in [0.05, 0.1) is 15.9 Å². The van der Waals surface area contributed by atoms with Crippen LogP contribution in [0.5, 0.6) is 0 Å². The summed E-state index contributed by atoms with van der Waals surface area (Å²) in [5, 5.41) is 4.38. The molecule has 0 aromatic carbocycles. The Morgan fingerprint density at radius 3 is 2.25 bits per heavy atom. The van der Waals surface area contributed by atoms with Gasteiger partial charge in [0.25, 0.3) is 0 Å². The molecule has 0 N–H and O–H groups in total. The minimum Gasteiger partial charge on any atom is -0.271 e. The molecule has 1 rings (SSSR count). The molecular weight excluding hydrogens is 311 g/mol. The van der Waals surface area contributed by atoms with Crippen LogP contribution in [-0.2, 0) is 13.5 Å². The first-order valence-corrected chi connectivity index (χ1v) is 7.15. The molecule has 5 heteroatoms. The summed E-state index contributed by atoms with van der Waals surface area (Å²) >= 11 is 15.7. The Labute approximate surface area is 115 Å². The van der Waals surface area contributed by atoms with Crippen molar-refractivity contribution in [3.63, 3.8) is 0 Å². The van der Waals surface area contributed by atoms with Crippen LogP contribution in [0.15, 0.2) is 4.47 Å². The molecule has 0 fully saturated rings. The number of aromatic nitrogens is 2. The molecule has 0 saturated heterocycles. The summed E-state index contributed by atoms with van der Waals surface area (Å²) in [4.78, 5) is 0. The maximum atomic E-state index is 6.06. The Morgan fingerprint density at radius 1 is 1.38 bits per heavy atom. The maximum Gasteiger partial charge on any atom is 0.0738 e. The zero-order valence-electron chi connectivity index (χ0n) is 9.86. The normalized spacial score (nSPS) is 12.1. The van der Waals surface area contributed by atoms with Gasteiger partial charge in [-0.15, -0.1) is 23.2 Å². The van der Waals surface area contributed by atoms with Crippen molar-refractivity contribution < 1.29 is 0 Å². The van der Waals surface area contributed by atoms with Gasteiger partial charge in [-0.3, -0.25) is 4.68 Å². The predicted molar refractivity (Wildman–Crippen MR) is 73.5 cm³/mol. The summed E-state index contributed by atoms with van der Waals surface area (Å²) < 4.78 is 2.98. The second-order valence-corrected chi connectivity index (χ2v) is 5.59. The number of halogens is 3. The minimum absolute atomic E-state index is 0.0358. The van der Waals surface area contributed by atoms with E-state index in [2.05, 4.69) is 28.0 Å². The zero-order valence-corrected chi connectivity index (χ0v) is 13.0. The number of rotatable bonds is 5. The van der Waals surface area contributed by atoms with Crippen LogP contribution in [0, 0.1) is 12.3 Å². The smallest absolute Gasteiger partial charge is 0.0738 e. The highest BCUT2D eigenvalue weighted by molar-refractivity contribution is 9.10.